The molecule has 9 heteroatoms. The van der Waals surface area contributed by atoms with Crippen LogP contribution in [0.3, 0.4) is 0 Å². The van der Waals surface area contributed by atoms with Crippen molar-refractivity contribution < 1.29 is 24.5 Å². The van der Waals surface area contributed by atoms with Gasteiger partial charge in [-0.15, -0.1) is 11.3 Å². The molecule has 7 nitrogen and oxygen atoms in total. The lowest BCUT2D eigenvalue weighted by atomic mass is 10.1. The third kappa shape index (κ3) is 7.69. The highest BCUT2D eigenvalue weighted by Crippen LogP contribution is 2.29. The molecule has 5 N–H and O–H groups in total. The van der Waals surface area contributed by atoms with Crippen molar-refractivity contribution >= 4 is 33.2 Å². The highest BCUT2D eigenvalue weighted by Gasteiger charge is 2.22. The predicted molar refractivity (Wildman–Crippen MR) is 100 cm³/mol. The zero-order chi connectivity index (χ0) is 19.2. The van der Waals surface area contributed by atoms with Crippen molar-refractivity contribution in [3.8, 4) is 0 Å². The second-order valence-corrected chi connectivity index (χ2v) is 8.83. The van der Waals surface area contributed by atoms with Crippen LogP contribution in [0, 0.1) is 0 Å². The van der Waals surface area contributed by atoms with Crippen molar-refractivity contribution in [1.29, 1.82) is 0 Å². The van der Waals surface area contributed by atoms with Crippen LogP contribution < -0.4 is 11.1 Å². The minimum absolute atomic E-state index is 0.317. The molecule has 25 heavy (non-hydrogen) atoms. The summed E-state index contributed by atoms with van der Waals surface area (Å²) in [6, 6.07) is -0.462. The minimum Gasteiger partial charge on any atom is -0.465 e. The molecule has 0 aliphatic heterocycles. The molecule has 0 spiro atoms. The number of nitrogens with two attached hydrogens (primary N) is 1. The summed E-state index contributed by atoms with van der Waals surface area (Å²) in [6.45, 7) is 5.88. The summed E-state index contributed by atoms with van der Waals surface area (Å²) in [5.74, 6) is -0.419. The number of hydrogen-bond donors (Lipinski definition) is 4. The average Bonchev–Trinajstić information content (AvgIpc) is 2.85. The van der Waals surface area contributed by atoms with Gasteiger partial charge in [0.1, 0.15) is 6.23 Å². The maximum Gasteiger partial charge on any atom is 0.339 e. The van der Waals surface area contributed by atoms with Gasteiger partial charge < -0.3 is 30.7 Å². The van der Waals surface area contributed by atoms with Crippen molar-refractivity contribution in [3.63, 3.8) is 0 Å². The molecular formula is C16H27BrN2O5S. The van der Waals surface area contributed by atoms with E-state index in [1.54, 1.807) is 5.38 Å². The van der Waals surface area contributed by atoms with E-state index in [0.717, 1.165) is 9.35 Å². The van der Waals surface area contributed by atoms with Gasteiger partial charge in [0.05, 0.1) is 22.1 Å². The minimum atomic E-state index is -1.11. The number of nitrogens with one attached hydrogen (secondary N) is 1. The monoisotopic (exact) mass is 438 g/mol. The fraction of sp³-hybridized carbons (Fsp3) is 0.688. The van der Waals surface area contributed by atoms with Gasteiger partial charge >= 0.3 is 5.97 Å². The smallest absolute Gasteiger partial charge is 0.339 e. The van der Waals surface area contributed by atoms with Gasteiger partial charge in [-0.05, 0) is 49.5 Å². The number of hydrogen-bond acceptors (Lipinski definition) is 8. The Bertz CT molecular complexity index is 559. The van der Waals surface area contributed by atoms with Gasteiger partial charge in [-0.3, -0.25) is 0 Å². The second-order valence-electron chi connectivity index (χ2n) is 6.63. The Hall–Kier alpha value is -0.550. The topological polar surface area (TPSA) is 114 Å². The lowest BCUT2D eigenvalue weighted by Crippen LogP contribution is -2.45. The number of thiophene rings is 1. The van der Waals surface area contributed by atoms with E-state index < -0.39 is 30.1 Å². The van der Waals surface area contributed by atoms with E-state index in [1.165, 1.54) is 18.4 Å². The molecule has 3 atom stereocenters. The van der Waals surface area contributed by atoms with Crippen molar-refractivity contribution in [2.24, 2.45) is 5.73 Å². The van der Waals surface area contributed by atoms with Crippen molar-refractivity contribution in [2.45, 2.75) is 64.3 Å². The summed E-state index contributed by atoms with van der Waals surface area (Å²) in [4.78, 5) is 11.8. The standard InChI is InChI=1S/C16H27BrN2O5S/c1-16(2,3)24-12(20)6-5-11(14(18)21)19-7-9-10(15(22)23-4)8-25-13(9)17/h8,11-12,14,19-21H,5-7,18H2,1-4H3/t11-,12-,14-/m0/s1. The Morgan fingerprint density at radius 3 is 2.56 bits per heavy atom. The molecule has 0 amide bonds. The third-order valence-electron chi connectivity index (χ3n) is 3.42. The Balaban J connectivity index is 2.65. The Labute approximate surface area is 160 Å². The first-order valence-electron chi connectivity index (χ1n) is 7.92. The van der Waals surface area contributed by atoms with Crippen LogP contribution >= 0.6 is 27.3 Å². The molecule has 0 unspecified atom stereocenters. The summed E-state index contributed by atoms with van der Waals surface area (Å²) in [7, 11) is 1.33. The van der Waals surface area contributed by atoms with Gasteiger partial charge in [0.15, 0.2) is 6.29 Å². The first-order valence-corrected chi connectivity index (χ1v) is 9.59. The Morgan fingerprint density at radius 1 is 1.40 bits per heavy atom. The number of carbonyl (C=O) groups is 1. The van der Waals surface area contributed by atoms with E-state index in [0.29, 0.717) is 24.9 Å². The van der Waals surface area contributed by atoms with E-state index in [-0.39, 0.29) is 0 Å². The van der Waals surface area contributed by atoms with Gasteiger partial charge in [-0.2, -0.15) is 0 Å². The van der Waals surface area contributed by atoms with Gasteiger partial charge in [0.25, 0.3) is 0 Å². The number of aliphatic hydroxyl groups excluding tert-OH is 2. The maximum absolute atomic E-state index is 11.8. The molecular weight excluding hydrogens is 412 g/mol. The molecule has 0 saturated carbocycles. The van der Waals surface area contributed by atoms with Gasteiger partial charge in [0, 0.05) is 23.5 Å². The normalized spacial score (nSPS) is 15.7. The lowest BCUT2D eigenvalue weighted by molar-refractivity contribution is -0.169. The van der Waals surface area contributed by atoms with Crippen LogP contribution in [-0.4, -0.2) is 47.5 Å². The molecule has 1 aromatic heterocycles. The van der Waals surface area contributed by atoms with Crippen LogP contribution in [0.2, 0.25) is 0 Å². The maximum atomic E-state index is 11.8. The zero-order valence-electron chi connectivity index (χ0n) is 14.9. The lowest BCUT2D eigenvalue weighted by Gasteiger charge is -2.26. The summed E-state index contributed by atoms with van der Waals surface area (Å²) < 4.78 is 11.0. The molecule has 1 rings (SSSR count). The van der Waals surface area contributed by atoms with Gasteiger partial charge in [0.2, 0.25) is 0 Å². The zero-order valence-corrected chi connectivity index (χ0v) is 17.3. The fourth-order valence-corrected chi connectivity index (χ4v) is 3.64. The van der Waals surface area contributed by atoms with E-state index in [2.05, 4.69) is 21.2 Å². The van der Waals surface area contributed by atoms with Crippen LogP contribution in [0.4, 0.5) is 0 Å². The molecule has 144 valence electrons. The quantitative estimate of drug-likeness (QED) is 0.344. The third-order valence-corrected chi connectivity index (χ3v) is 5.26. The average molecular weight is 439 g/mol. The summed E-state index contributed by atoms with van der Waals surface area (Å²) in [5, 5.41) is 24.5. The molecule has 1 heterocycles. The van der Waals surface area contributed by atoms with Gasteiger partial charge in [-0.1, -0.05) is 0 Å². The van der Waals surface area contributed by atoms with Crippen molar-refractivity contribution in [3.05, 3.63) is 20.3 Å². The number of carbonyl (C=O) groups excluding carboxylic acids is 1. The van der Waals surface area contributed by atoms with E-state index >= 15 is 0 Å². The van der Waals surface area contributed by atoms with Crippen LogP contribution in [0.5, 0.6) is 0 Å². The molecule has 0 fully saturated rings. The number of aliphatic hydroxyl groups is 2. The Morgan fingerprint density at radius 2 is 2.04 bits per heavy atom. The highest BCUT2D eigenvalue weighted by atomic mass is 79.9. The Kier molecular flexibility index (Phi) is 8.96. The number of esters is 1. The first-order chi connectivity index (χ1) is 11.5. The molecule has 0 radical (unpaired) electrons. The van der Waals surface area contributed by atoms with Crippen LogP contribution in [-0.2, 0) is 16.0 Å². The van der Waals surface area contributed by atoms with Crippen LogP contribution in [0.1, 0.15) is 49.5 Å². The molecule has 0 saturated heterocycles. The van der Waals surface area contributed by atoms with E-state index in [4.69, 9.17) is 15.2 Å². The SMILES string of the molecule is COC(=O)c1csc(Br)c1CN[C@@H](CC[C@@H](O)OC(C)(C)C)[C@@H](N)O. The fourth-order valence-electron chi connectivity index (χ4n) is 2.22. The number of rotatable bonds is 9. The number of halogens is 1. The van der Waals surface area contributed by atoms with Crippen molar-refractivity contribution in [1.82, 2.24) is 5.32 Å². The molecule has 1 aromatic rings. The van der Waals surface area contributed by atoms with Gasteiger partial charge in [-0.25, -0.2) is 4.79 Å². The van der Waals surface area contributed by atoms with E-state index in [9.17, 15) is 15.0 Å². The first kappa shape index (κ1) is 22.5. The summed E-state index contributed by atoms with van der Waals surface area (Å²) in [5.41, 5.74) is 6.37. The molecule has 0 bridgehead atoms. The predicted octanol–water partition coefficient (Wildman–Crippen LogP) is 1.95. The largest absolute Gasteiger partial charge is 0.465 e. The summed E-state index contributed by atoms with van der Waals surface area (Å²) >= 11 is 4.80. The van der Waals surface area contributed by atoms with Crippen LogP contribution in [0.15, 0.2) is 9.17 Å². The van der Waals surface area contributed by atoms with Crippen LogP contribution in [0.25, 0.3) is 0 Å². The second kappa shape index (κ2) is 9.96. The number of methoxy groups -OCH3 is 1. The molecule has 0 aliphatic carbocycles. The molecule has 0 aliphatic rings. The number of ether oxygens (including phenoxy) is 2. The summed E-state index contributed by atoms with van der Waals surface area (Å²) in [6.07, 6.45) is -1.33. The highest BCUT2D eigenvalue weighted by molar-refractivity contribution is 9.11. The van der Waals surface area contributed by atoms with E-state index in [1.807, 2.05) is 20.8 Å². The molecule has 0 aromatic carbocycles. The van der Waals surface area contributed by atoms with Crippen molar-refractivity contribution in [2.75, 3.05) is 7.11 Å².